The third-order valence-electron chi connectivity index (χ3n) is 4.58. The number of nitriles is 1. The molecule has 138 valence electrons. The minimum Gasteiger partial charge on any atom is -0.497 e. The Hall–Kier alpha value is -3.85. The molecule has 2 aromatic carbocycles. The van der Waals surface area contributed by atoms with E-state index in [1.807, 2.05) is 56.3 Å². The average Bonchev–Trinajstić information content (AvgIpc) is 3.06. The lowest BCUT2D eigenvalue weighted by Crippen LogP contribution is -1.98. The molecule has 0 bridgehead atoms. The van der Waals surface area contributed by atoms with Gasteiger partial charge in [-0.05, 0) is 44.2 Å². The molecule has 0 aliphatic rings. The molecule has 0 fully saturated rings. The van der Waals surface area contributed by atoms with Gasteiger partial charge in [0.25, 0.3) is 0 Å². The fourth-order valence-corrected chi connectivity index (χ4v) is 3.04. The summed E-state index contributed by atoms with van der Waals surface area (Å²) in [6.07, 6.45) is 0. The molecule has 0 saturated carbocycles. The second-order valence-electron chi connectivity index (χ2n) is 6.57. The van der Waals surface area contributed by atoms with Gasteiger partial charge in [0.15, 0.2) is 11.5 Å². The summed E-state index contributed by atoms with van der Waals surface area (Å²) in [7, 11) is 1.62. The summed E-state index contributed by atoms with van der Waals surface area (Å²) < 4.78 is 6.88. The van der Waals surface area contributed by atoms with Crippen LogP contribution in [0.5, 0.6) is 5.75 Å². The highest BCUT2D eigenvalue weighted by Gasteiger charge is 2.17. The van der Waals surface area contributed by atoms with Gasteiger partial charge in [0.05, 0.1) is 12.8 Å². The predicted octanol–water partition coefficient (Wildman–Crippen LogP) is 4.64. The first-order valence-electron chi connectivity index (χ1n) is 8.87. The van der Waals surface area contributed by atoms with Crippen molar-refractivity contribution in [1.29, 1.82) is 5.26 Å². The van der Waals surface area contributed by atoms with Crippen molar-refractivity contribution in [3.05, 3.63) is 71.4 Å². The maximum Gasteiger partial charge on any atom is 0.176 e. The van der Waals surface area contributed by atoms with Crippen LogP contribution in [0.4, 0.5) is 11.5 Å². The molecule has 1 N–H and O–H groups in total. The molecule has 6 heteroatoms. The van der Waals surface area contributed by atoms with Gasteiger partial charge >= 0.3 is 0 Å². The average molecular weight is 369 g/mol. The number of nitrogens with one attached hydrogen (secondary N) is 1. The molecule has 0 radical (unpaired) electrons. The summed E-state index contributed by atoms with van der Waals surface area (Å²) in [4.78, 5) is 4.71. The van der Waals surface area contributed by atoms with Gasteiger partial charge < -0.3 is 10.1 Å². The number of benzene rings is 2. The van der Waals surface area contributed by atoms with Crippen molar-refractivity contribution in [3.8, 4) is 23.1 Å². The van der Waals surface area contributed by atoms with E-state index in [-0.39, 0.29) is 0 Å². The number of hydrogen-bond acceptors (Lipinski definition) is 5. The van der Waals surface area contributed by atoms with Crippen LogP contribution >= 0.6 is 0 Å². The zero-order valence-electron chi connectivity index (χ0n) is 15.9. The van der Waals surface area contributed by atoms with Crippen LogP contribution in [-0.4, -0.2) is 21.7 Å². The van der Waals surface area contributed by atoms with Crippen LogP contribution in [0.3, 0.4) is 0 Å². The smallest absolute Gasteiger partial charge is 0.176 e. The second-order valence-corrected chi connectivity index (χ2v) is 6.57. The number of hydrogen-bond donors (Lipinski definition) is 1. The topological polar surface area (TPSA) is 75.2 Å². The van der Waals surface area contributed by atoms with E-state index in [0.717, 1.165) is 28.4 Å². The van der Waals surface area contributed by atoms with Crippen LogP contribution in [-0.2, 0) is 0 Å². The molecule has 4 rings (SSSR count). The number of aryl methyl sites for hydroxylation is 2. The molecule has 0 spiro atoms. The Kier molecular flexibility index (Phi) is 4.42. The standard InChI is InChI=1S/C22H19N5O/c1-14-4-6-16(7-5-14)20-12-15(2)27-22(25-20)19(13-23)21(26-27)24-17-8-10-18(28-3)11-9-17/h4-12H,1-3H3,(H,24,26). The van der Waals surface area contributed by atoms with E-state index in [0.29, 0.717) is 17.0 Å². The van der Waals surface area contributed by atoms with Crippen LogP contribution in [0, 0.1) is 25.2 Å². The second kappa shape index (κ2) is 7.05. The molecule has 0 saturated heterocycles. The number of anilines is 2. The lowest BCUT2D eigenvalue weighted by molar-refractivity contribution is 0.415. The number of ether oxygens (including phenoxy) is 1. The normalized spacial score (nSPS) is 10.6. The van der Waals surface area contributed by atoms with Crippen molar-refractivity contribution < 1.29 is 4.74 Å². The maximum absolute atomic E-state index is 9.75. The summed E-state index contributed by atoms with van der Waals surface area (Å²) in [5, 5.41) is 17.5. The first-order chi connectivity index (χ1) is 13.6. The molecule has 0 atom stereocenters. The molecular weight excluding hydrogens is 350 g/mol. The third kappa shape index (κ3) is 3.14. The van der Waals surface area contributed by atoms with Crippen molar-refractivity contribution in [1.82, 2.24) is 14.6 Å². The van der Waals surface area contributed by atoms with Crippen molar-refractivity contribution in [3.63, 3.8) is 0 Å². The van der Waals surface area contributed by atoms with Gasteiger partial charge in [-0.25, -0.2) is 9.50 Å². The fraction of sp³-hybridized carbons (Fsp3) is 0.136. The zero-order chi connectivity index (χ0) is 19.7. The molecule has 0 aliphatic heterocycles. The van der Waals surface area contributed by atoms with Gasteiger partial charge in [0, 0.05) is 16.9 Å². The van der Waals surface area contributed by atoms with Crippen molar-refractivity contribution >= 4 is 17.2 Å². The molecule has 0 aliphatic carbocycles. The zero-order valence-corrected chi connectivity index (χ0v) is 15.9. The number of nitrogens with zero attached hydrogens (tertiary/aromatic N) is 4. The largest absolute Gasteiger partial charge is 0.497 e. The Morgan fingerprint density at radius 2 is 1.75 bits per heavy atom. The van der Waals surface area contributed by atoms with Gasteiger partial charge in [0.1, 0.15) is 17.4 Å². The van der Waals surface area contributed by atoms with E-state index in [4.69, 9.17) is 9.72 Å². The number of fused-ring (bicyclic) bond motifs is 1. The fourth-order valence-electron chi connectivity index (χ4n) is 3.04. The Bertz CT molecular complexity index is 1190. The quantitative estimate of drug-likeness (QED) is 0.567. The van der Waals surface area contributed by atoms with Crippen molar-refractivity contribution in [2.45, 2.75) is 13.8 Å². The lowest BCUT2D eigenvalue weighted by Gasteiger charge is -2.05. The van der Waals surface area contributed by atoms with Crippen LogP contribution in [0.25, 0.3) is 16.9 Å². The predicted molar refractivity (Wildman–Crippen MR) is 109 cm³/mol. The van der Waals surface area contributed by atoms with E-state index in [1.54, 1.807) is 11.6 Å². The molecule has 2 heterocycles. The van der Waals surface area contributed by atoms with Crippen LogP contribution in [0.15, 0.2) is 54.6 Å². The van der Waals surface area contributed by atoms with E-state index in [9.17, 15) is 5.26 Å². The molecule has 0 unspecified atom stereocenters. The molecule has 0 amide bonds. The highest BCUT2D eigenvalue weighted by Crippen LogP contribution is 2.27. The van der Waals surface area contributed by atoms with E-state index in [1.165, 1.54) is 5.56 Å². The maximum atomic E-state index is 9.75. The van der Waals surface area contributed by atoms with Gasteiger partial charge in [-0.15, -0.1) is 5.10 Å². The number of rotatable bonds is 4. The minimum absolute atomic E-state index is 0.410. The van der Waals surface area contributed by atoms with Gasteiger partial charge in [0.2, 0.25) is 0 Å². The number of methoxy groups -OCH3 is 1. The van der Waals surface area contributed by atoms with E-state index in [2.05, 4.69) is 28.6 Å². The first kappa shape index (κ1) is 17.6. The van der Waals surface area contributed by atoms with Gasteiger partial charge in [-0.1, -0.05) is 29.8 Å². The number of aromatic nitrogens is 3. The summed E-state index contributed by atoms with van der Waals surface area (Å²) in [5.74, 6) is 1.24. The highest BCUT2D eigenvalue weighted by molar-refractivity contribution is 5.74. The van der Waals surface area contributed by atoms with Gasteiger partial charge in [-0.3, -0.25) is 0 Å². The summed E-state index contributed by atoms with van der Waals surface area (Å²) in [6, 6.07) is 19.8. The Morgan fingerprint density at radius 1 is 1.04 bits per heavy atom. The molecule has 6 nitrogen and oxygen atoms in total. The van der Waals surface area contributed by atoms with Gasteiger partial charge in [-0.2, -0.15) is 5.26 Å². The summed E-state index contributed by atoms with van der Waals surface area (Å²) in [6.45, 7) is 4.01. The van der Waals surface area contributed by atoms with Crippen LogP contribution in [0.1, 0.15) is 16.8 Å². The van der Waals surface area contributed by atoms with E-state index < -0.39 is 0 Å². The first-order valence-corrected chi connectivity index (χ1v) is 8.87. The van der Waals surface area contributed by atoms with Crippen molar-refractivity contribution in [2.75, 3.05) is 12.4 Å². The third-order valence-corrected chi connectivity index (χ3v) is 4.58. The summed E-state index contributed by atoms with van der Waals surface area (Å²) in [5.41, 5.74) is 5.68. The Balaban J connectivity index is 1.79. The minimum atomic E-state index is 0.410. The molecule has 2 aromatic heterocycles. The molecule has 28 heavy (non-hydrogen) atoms. The molecular formula is C22H19N5O. The van der Waals surface area contributed by atoms with E-state index >= 15 is 0 Å². The highest BCUT2D eigenvalue weighted by atomic mass is 16.5. The molecule has 4 aromatic rings. The summed E-state index contributed by atoms with van der Waals surface area (Å²) >= 11 is 0. The Labute approximate surface area is 163 Å². The Morgan fingerprint density at radius 3 is 2.39 bits per heavy atom. The van der Waals surface area contributed by atoms with Crippen LogP contribution < -0.4 is 10.1 Å². The monoisotopic (exact) mass is 369 g/mol. The van der Waals surface area contributed by atoms with Crippen molar-refractivity contribution in [2.24, 2.45) is 0 Å². The SMILES string of the molecule is COc1ccc(Nc2nn3c(C)cc(-c4ccc(C)cc4)nc3c2C#N)cc1. The lowest BCUT2D eigenvalue weighted by atomic mass is 10.1. The van der Waals surface area contributed by atoms with Crippen LogP contribution in [0.2, 0.25) is 0 Å².